The first kappa shape index (κ1) is 36.4. The number of benzene rings is 3. The number of terminal acetylenes is 1. The maximum absolute atomic E-state index is 16.8. The fourth-order valence-electron chi connectivity index (χ4n) is 7.39. The van der Waals surface area contributed by atoms with E-state index in [-0.39, 0.29) is 63.8 Å². The van der Waals surface area contributed by atoms with E-state index in [9.17, 15) is 27.4 Å². The van der Waals surface area contributed by atoms with Gasteiger partial charge in [-0.25, -0.2) is 23.1 Å². The van der Waals surface area contributed by atoms with E-state index in [1.54, 1.807) is 18.2 Å². The van der Waals surface area contributed by atoms with E-state index in [0.29, 0.717) is 30.3 Å². The van der Waals surface area contributed by atoms with Crippen molar-refractivity contribution in [2.75, 3.05) is 44.4 Å². The number of halogens is 3. The summed E-state index contributed by atoms with van der Waals surface area (Å²) in [4.78, 5) is 15.5. The van der Waals surface area contributed by atoms with Crippen LogP contribution in [0.2, 0.25) is 0 Å². The summed E-state index contributed by atoms with van der Waals surface area (Å²) in [5, 5.41) is 25.1. The van der Waals surface area contributed by atoms with Crippen molar-refractivity contribution in [1.82, 2.24) is 19.9 Å². The number of phenols is 1. The van der Waals surface area contributed by atoms with Gasteiger partial charge in [-0.05, 0) is 60.5 Å². The highest BCUT2D eigenvalue weighted by Gasteiger charge is 2.49. The number of hydrogen-bond acceptors (Lipinski definition) is 11. The molecule has 3 aromatic carbocycles. The lowest BCUT2D eigenvalue weighted by molar-refractivity contribution is 0.107. The molecule has 276 valence electrons. The van der Waals surface area contributed by atoms with Crippen molar-refractivity contribution < 1.29 is 40.7 Å². The van der Waals surface area contributed by atoms with Crippen molar-refractivity contribution in [3.05, 3.63) is 83.1 Å². The Labute approximate surface area is 303 Å². The number of phenolic OH excluding ortho intramolecular Hbond substituents is 1. The van der Waals surface area contributed by atoms with Gasteiger partial charge >= 0.3 is 6.01 Å². The van der Waals surface area contributed by atoms with Crippen LogP contribution in [0, 0.1) is 24.0 Å². The van der Waals surface area contributed by atoms with E-state index >= 15 is 4.39 Å². The molecule has 3 N–H and O–H groups in total. The number of aromatic nitrogens is 3. The Balaban J connectivity index is 1.25. The maximum atomic E-state index is 16.8. The van der Waals surface area contributed by atoms with Gasteiger partial charge in [0.15, 0.2) is 5.82 Å². The number of aliphatic hydroxyl groups excluding tert-OH is 1. The van der Waals surface area contributed by atoms with E-state index in [2.05, 4.69) is 31.1 Å². The molecular formula is C38H36F3N5O6S. The summed E-state index contributed by atoms with van der Waals surface area (Å²) in [6.45, 7) is 1.03. The van der Waals surface area contributed by atoms with Crippen LogP contribution in [0.5, 0.6) is 11.8 Å². The molecule has 2 aliphatic heterocycles. The third kappa shape index (κ3) is 7.45. The lowest BCUT2D eigenvalue weighted by Gasteiger charge is -2.30. The smallest absolute Gasteiger partial charge is 0.317 e. The van der Waals surface area contributed by atoms with Crippen LogP contribution in [0.3, 0.4) is 0 Å². The summed E-state index contributed by atoms with van der Waals surface area (Å²) in [7, 11) is -3.74. The van der Waals surface area contributed by atoms with Crippen LogP contribution in [-0.2, 0) is 20.7 Å². The van der Waals surface area contributed by atoms with E-state index in [1.807, 2.05) is 6.07 Å². The first-order valence-corrected chi connectivity index (χ1v) is 18.8. The molecule has 3 atom stereocenters. The molecule has 1 unspecified atom stereocenters. The molecule has 0 spiro atoms. The van der Waals surface area contributed by atoms with Crippen LogP contribution in [0.15, 0.2) is 54.7 Å². The number of nitrogens with zero attached hydrogens (tertiary/aromatic N) is 4. The first-order chi connectivity index (χ1) is 25.3. The minimum absolute atomic E-state index is 0.0365. The minimum atomic E-state index is -3.74. The minimum Gasteiger partial charge on any atom is -0.508 e. The van der Waals surface area contributed by atoms with Gasteiger partial charge in [-0.15, -0.1) is 6.42 Å². The van der Waals surface area contributed by atoms with Gasteiger partial charge in [-0.1, -0.05) is 36.3 Å². The topological polar surface area (TPSA) is 147 Å². The van der Waals surface area contributed by atoms with Crippen molar-refractivity contribution >= 4 is 37.6 Å². The summed E-state index contributed by atoms with van der Waals surface area (Å²) >= 11 is 0. The van der Waals surface area contributed by atoms with E-state index in [4.69, 9.17) is 15.3 Å². The van der Waals surface area contributed by atoms with E-state index < -0.39 is 46.2 Å². The van der Waals surface area contributed by atoms with Gasteiger partial charge in [0.05, 0.1) is 29.4 Å². The largest absolute Gasteiger partial charge is 0.508 e. The van der Waals surface area contributed by atoms with Gasteiger partial charge in [0.1, 0.15) is 47.5 Å². The molecule has 0 aliphatic carbocycles. The molecule has 2 aliphatic rings. The SMILES string of the molecule is C#Cc1c(F)ccc2cc(O)cc(-c3nc(NCCc4cccc(C(O)COS(C)(=O)=O)c4)c4cnc(OC[C@@]56CCCN5C[C@H](F)C6)nc4c3F)c12. The number of anilines is 1. The lowest BCUT2D eigenvalue weighted by atomic mass is 9.95. The molecule has 2 saturated heterocycles. The van der Waals surface area contributed by atoms with Crippen LogP contribution in [0.4, 0.5) is 19.0 Å². The second kappa shape index (κ2) is 14.4. The Bertz CT molecular complexity index is 2380. The number of aliphatic hydroxyl groups is 1. The maximum Gasteiger partial charge on any atom is 0.317 e. The van der Waals surface area contributed by atoms with Crippen molar-refractivity contribution in [1.29, 1.82) is 0 Å². The molecule has 0 radical (unpaired) electrons. The average Bonchev–Trinajstić information content (AvgIpc) is 3.66. The molecule has 15 heteroatoms. The molecule has 4 heterocycles. The summed E-state index contributed by atoms with van der Waals surface area (Å²) < 4.78 is 79.7. The molecule has 2 fully saturated rings. The van der Waals surface area contributed by atoms with E-state index in [0.717, 1.165) is 31.2 Å². The molecular weight excluding hydrogens is 712 g/mol. The molecule has 2 aromatic heterocycles. The fraction of sp³-hybridized carbons (Fsp3) is 0.342. The van der Waals surface area contributed by atoms with Gasteiger partial charge in [-0.3, -0.25) is 9.08 Å². The standard InChI is InChI=1S/C38H36F3N5O6S/c1-3-27-30(40)9-8-24-15-26(47)16-28(32(24)27)34-33(41)35-29(18-43-37(45-35)51-21-38-11-5-13-46(38)19-25(39)17-38)36(44-34)42-12-10-22-6-4-7-23(14-22)31(48)20-52-53(2,49)50/h1,4,6-9,14-16,18,25,31,47-48H,5,10-13,17,19-21H2,2H3,(H,42,44)/t25-,31?,38+/m1/s1. The third-order valence-electron chi connectivity index (χ3n) is 9.83. The normalized spacial score (nSPS) is 19.4. The highest BCUT2D eigenvalue weighted by molar-refractivity contribution is 7.85. The first-order valence-electron chi connectivity index (χ1n) is 17.0. The van der Waals surface area contributed by atoms with Crippen molar-refractivity contribution in [2.24, 2.45) is 0 Å². The van der Waals surface area contributed by atoms with Crippen LogP contribution in [-0.4, -0.2) is 89.3 Å². The zero-order chi connectivity index (χ0) is 37.5. The number of pyridine rings is 1. The molecule has 0 saturated carbocycles. The van der Waals surface area contributed by atoms with Crippen molar-refractivity contribution in [2.45, 2.75) is 43.5 Å². The van der Waals surface area contributed by atoms with Crippen LogP contribution in [0.1, 0.15) is 42.1 Å². The summed E-state index contributed by atoms with van der Waals surface area (Å²) in [6.07, 6.45) is 8.21. The van der Waals surface area contributed by atoms with Gasteiger partial charge < -0.3 is 20.3 Å². The highest BCUT2D eigenvalue weighted by atomic mass is 32.2. The molecule has 5 aromatic rings. The number of hydrogen-bond donors (Lipinski definition) is 3. The number of fused-ring (bicyclic) bond motifs is 3. The number of nitrogens with one attached hydrogen (secondary N) is 1. The second-order valence-corrected chi connectivity index (χ2v) is 15.1. The Morgan fingerprint density at radius 1 is 1.19 bits per heavy atom. The molecule has 0 bridgehead atoms. The van der Waals surface area contributed by atoms with Gasteiger partial charge in [0.25, 0.3) is 10.1 Å². The Hall–Kier alpha value is -5.01. The lowest BCUT2D eigenvalue weighted by Crippen LogP contribution is -2.43. The molecule has 0 amide bonds. The van der Waals surface area contributed by atoms with Crippen LogP contribution < -0.4 is 10.1 Å². The number of ether oxygens (including phenoxy) is 1. The van der Waals surface area contributed by atoms with Gasteiger partial charge in [0.2, 0.25) is 0 Å². The predicted molar refractivity (Wildman–Crippen MR) is 193 cm³/mol. The Morgan fingerprint density at radius 3 is 2.81 bits per heavy atom. The summed E-state index contributed by atoms with van der Waals surface area (Å²) in [5.74, 6) is 0.692. The molecule has 7 rings (SSSR count). The number of rotatable bonds is 12. The number of aromatic hydroxyl groups is 1. The van der Waals surface area contributed by atoms with E-state index in [1.165, 1.54) is 30.5 Å². The summed E-state index contributed by atoms with van der Waals surface area (Å²) in [5.41, 5.74) is 0.220. The highest BCUT2D eigenvalue weighted by Crippen LogP contribution is 2.41. The van der Waals surface area contributed by atoms with Crippen molar-refractivity contribution in [3.63, 3.8) is 0 Å². The predicted octanol–water partition coefficient (Wildman–Crippen LogP) is 5.43. The zero-order valence-electron chi connectivity index (χ0n) is 28.7. The van der Waals surface area contributed by atoms with Crippen LogP contribution >= 0.6 is 0 Å². The van der Waals surface area contributed by atoms with Gasteiger partial charge in [0, 0.05) is 36.7 Å². The Morgan fingerprint density at radius 2 is 2.02 bits per heavy atom. The monoisotopic (exact) mass is 747 g/mol. The van der Waals surface area contributed by atoms with Crippen LogP contribution in [0.25, 0.3) is 32.9 Å². The van der Waals surface area contributed by atoms with Crippen molar-refractivity contribution in [3.8, 4) is 35.4 Å². The molecule has 11 nitrogen and oxygen atoms in total. The Kier molecular flexibility index (Phi) is 9.90. The molecule has 53 heavy (non-hydrogen) atoms. The zero-order valence-corrected chi connectivity index (χ0v) is 29.5. The quantitative estimate of drug-likeness (QED) is 0.111. The third-order valence-corrected chi connectivity index (χ3v) is 10.4. The van der Waals surface area contributed by atoms with Gasteiger partial charge in [-0.2, -0.15) is 13.4 Å². The second-order valence-electron chi connectivity index (χ2n) is 13.5. The fourth-order valence-corrected chi connectivity index (χ4v) is 7.76. The average molecular weight is 748 g/mol. The number of alkyl halides is 1. The summed E-state index contributed by atoms with van der Waals surface area (Å²) in [6, 6.07) is 12.0.